The van der Waals surface area contributed by atoms with Gasteiger partial charge in [0.05, 0.1) is 12.6 Å². The first-order valence-electron chi connectivity index (χ1n) is 13.2. The van der Waals surface area contributed by atoms with Gasteiger partial charge in [0.2, 0.25) is 5.95 Å². The Kier molecular flexibility index (Phi) is 6.03. The van der Waals surface area contributed by atoms with Crippen molar-refractivity contribution in [2.75, 3.05) is 38.0 Å². The summed E-state index contributed by atoms with van der Waals surface area (Å²) < 4.78 is 5.51. The molecule has 2 spiro atoms. The van der Waals surface area contributed by atoms with E-state index in [4.69, 9.17) is 14.7 Å². The smallest absolute Gasteiger partial charge is 0.225 e. The molecule has 1 unspecified atom stereocenters. The maximum absolute atomic E-state index is 5.51. The van der Waals surface area contributed by atoms with Crippen molar-refractivity contribution in [3.05, 3.63) is 48.0 Å². The van der Waals surface area contributed by atoms with E-state index in [2.05, 4.69) is 52.4 Å². The summed E-state index contributed by atoms with van der Waals surface area (Å²) in [5, 5.41) is 8.51. The molecule has 0 radical (unpaired) electrons. The first kappa shape index (κ1) is 23.9. The van der Waals surface area contributed by atoms with Crippen LogP contribution in [0.2, 0.25) is 0 Å². The molecule has 3 fully saturated rings. The summed E-state index contributed by atoms with van der Waals surface area (Å²) in [5.41, 5.74) is 3.20. The molecule has 0 amide bonds. The Balaban J connectivity index is 1.02. The molecule has 2 aromatic carbocycles. The lowest BCUT2D eigenvalue weighted by Crippen LogP contribution is -2.26. The summed E-state index contributed by atoms with van der Waals surface area (Å²) in [6.07, 6.45) is 7.98. The standard InChI is InChI=1S/C29H37N5OS/c1-34(2)26-22-6-4-5-7-23(22)31-27(33-26)32-25-16-29(25)12-10-28(11-13-29)15-20(28)18-30-17-19-14-21(36)8-9-24(19)35-3/h4-9,14,20,25,30,36H,10-13,15-18H2,1-3H3,(H,31,32,33)/t20-,25?,28?,29?/m0/s1. The van der Waals surface area contributed by atoms with Crippen LogP contribution in [0.5, 0.6) is 5.75 Å². The minimum atomic E-state index is 0.444. The molecule has 2 N–H and O–H groups in total. The number of nitrogens with one attached hydrogen (secondary N) is 2. The molecule has 3 aliphatic rings. The normalized spacial score (nSPS) is 28.4. The lowest BCUT2D eigenvalue weighted by molar-refractivity contribution is 0.218. The number of methoxy groups -OCH3 is 1. The van der Waals surface area contributed by atoms with Crippen LogP contribution in [0.3, 0.4) is 0 Å². The summed E-state index contributed by atoms with van der Waals surface area (Å²) in [5.74, 6) is 3.49. The molecule has 0 aliphatic heterocycles. The van der Waals surface area contributed by atoms with Crippen molar-refractivity contribution in [1.82, 2.24) is 15.3 Å². The average molecular weight is 504 g/mol. The predicted octanol–water partition coefficient (Wildman–Crippen LogP) is 5.53. The van der Waals surface area contributed by atoms with Gasteiger partial charge in [-0.25, -0.2) is 4.98 Å². The van der Waals surface area contributed by atoms with Gasteiger partial charge in [-0.2, -0.15) is 4.98 Å². The lowest BCUT2D eigenvalue weighted by atomic mass is 9.76. The van der Waals surface area contributed by atoms with E-state index in [1.807, 2.05) is 32.3 Å². The Morgan fingerprint density at radius 3 is 2.58 bits per heavy atom. The summed E-state index contributed by atoms with van der Waals surface area (Å²) in [7, 11) is 5.83. The fraction of sp³-hybridized carbons (Fsp3) is 0.517. The highest BCUT2D eigenvalue weighted by Crippen LogP contribution is 2.69. The molecule has 6 nitrogen and oxygen atoms in total. The van der Waals surface area contributed by atoms with Crippen LogP contribution in [0.4, 0.5) is 11.8 Å². The Morgan fingerprint density at radius 2 is 1.81 bits per heavy atom. The molecule has 3 saturated carbocycles. The summed E-state index contributed by atoms with van der Waals surface area (Å²) in [6.45, 7) is 1.92. The first-order chi connectivity index (χ1) is 17.4. The van der Waals surface area contributed by atoms with E-state index in [1.165, 1.54) is 44.1 Å². The van der Waals surface area contributed by atoms with Crippen LogP contribution in [0.25, 0.3) is 10.9 Å². The van der Waals surface area contributed by atoms with Crippen molar-refractivity contribution in [3.63, 3.8) is 0 Å². The van der Waals surface area contributed by atoms with Crippen molar-refractivity contribution in [2.45, 2.75) is 56.0 Å². The second-order valence-electron chi connectivity index (χ2n) is 11.4. The van der Waals surface area contributed by atoms with Crippen molar-refractivity contribution in [3.8, 4) is 5.75 Å². The van der Waals surface area contributed by atoms with Gasteiger partial charge in [-0.15, -0.1) is 12.6 Å². The van der Waals surface area contributed by atoms with Crippen molar-refractivity contribution in [2.24, 2.45) is 16.7 Å². The van der Waals surface area contributed by atoms with Gasteiger partial charge in [0.25, 0.3) is 0 Å². The number of hydrogen-bond acceptors (Lipinski definition) is 7. The third-order valence-electron chi connectivity index (χ3n) is 9.07. The number of fused-ring (bicyclic) bond motifs is 1. The molecule has 3 aliphatic carbocycles. The highest BCUT2D eigenvalue weighted by molar-refractivity contribution is 7.80. The van der Waals surface area contributed by atoms with Gasteiger partial charge in [-0.1, -0.05) is 12.1 Å². The molecule has 1 aromatic heterocycles. The van der Waals surface area contributed by atoms with Crippen LogP contribution in [0.1, 0.15) is 44.1 Å². The molecule has 7 heteroatoms. The van der Waals surface area contributed by atoms with Gasteiger partial charge in [0.1, 0.15) is 11.6 Å². The second-order valence-corrected chi connectivity index (χ2v) is 12.0. The number of para-hydroxylation sites is 1. The lowest BCUT2D eigenvalue weighted by Gasteiger charge is -2.31. The Labute approximate surface area is 219 Å². The quantitative estimate of drug-likeness (QED) is 0.351. The van der Waals surface area contributed by atoms with Gasteiger partial charge in [-0.3, -0.25) is 0 Å². The number of ether oxygens (including phenoxy) is 1. The number of anilines is 2. The number of benzene rings is 2. The number of aromatic nitrogens is 2. The number of thiol groups is 1. The Hall–Kier alpha value is -2.51. The second kappa shape index (κ2) is 9.10. The maximum Gasteiger partial charge on any atom is 0.225 e. The zero-order valence-electron chi connectivity index (χ0n) is 21.6. The minimum absolute atomic E-state index is 0.444. The highest BCUT2D eigenvalue weighted by atomic mass is 32.1. The minimum Gasteiger partial charge on any atom is -0.496 e. The van der Waals surface area contributed by atoms with E-state index in [-0.39, 0.29) is 0 Å². The molecule has 6 rings (SSSR count). The largest absolute Gasteiger partial charge is 0.496 e. The molecular formula is C29H37N5OS. The monoisotopic (exact) mass is 503 g/mol. The fourth-order valence-electron chi connectivity index (χ4n) is 6.59. The van der Waals surface area contributed by atoms with E-state index in [0.717, 1.165) is 52.3 Å². The molecule has 3 aromatic rings. The van der Waals surface area contributed by atoms with Crippen LogP contribution in [-0.4, -0.2) is 43.8 Å². The highest BCUT2D eigenvalue weighted by Gasteiger charge is 2.63. The van der Waals surface area contributed by atoms with Gasteiger partial charge in [0, 0.05) is 42.5 Å². The summed E-state index contributed by atoms with van der Waals surface area (Å²) in [6, 6.07) is 14.9. The zero-order chi connectivity index (χ0) is 24.9. The molecule has 1 heterocycles. The summed E-state index contributed by atoms with van der Waals surface area (Å²) in [4.78, 5) is 12.8. The summed E-state index contributed by atoms with van der Waals surface area (Å²) >= 11 is 4.49. The van der Waals surface area contributed by atoms with Crippen molar-refractivity contribution < 1.29 is 4.74 Å². The molecule has 2 atom stereocenters. The van der Waals surface area contributed by atoms with E-state index in [9.17, 15) is 0 Å². The van der Waals surface area contributed by atoms with E-state index in [1.54, 1.807) is 7.11 Å². The number of hydrogen-bond donors (Lipinski definition) is 3. The third kappa shape index (κ3) is 4.41. The van der Waals surface area contributed by atoms with Crippen LogP contribution >= 0.6 is 12.6 Å². The van der Waals surface area contributed by atoms with Gasteiger partial charge < -0.3 is 20.3 Å². The SMILES string of the molecule is COc1ccc(S)cc1CNC[C@@H]1CC12CCC1(CC2)CC1Nc1nc(N(C)C)c2ccccc2n1. The van der Waals surface area contributed by atoms with Gasteiger partial charge in [0.15, 0.2) is 0 Å². The van der Waals surface area contributed by atoms with Crippen molar-refractivity contribution >= 4 is 35.3 Å². The number of nitrogens with zero attached hydrogens (tertiary/aromatic N) is 3. The fourth-order valence-corrected chi connectivity index (χ4v) is 6.82. The van der Waals surface area contributed by atoms with Crippen molar-refractivity contribution in [1.29, 1.82) is 0 Å². The van der Waals surface area contributed by atoms with Crippen LogP contribution in [0.15, 0.2) is 47.4 Å². The number of rotatable bonds is 8. The molecule has 190 valence electrons. The molecular weight excluding hydrogens is 466 g/mol. The molecule has 36 heavy (non-hydrogen) atoms. The molecule has 0 bridgehead atoms. The maximum atomic E-state index is 5.51. The van der Waals surface area contributed by atoms with E-state index < -0.39 is 0 Å². The average Bonchev–Trinajstić information content (AvgIpc) is 3.75. The third-order valence-corrected chi connectivity index (χ3v) is 9.35. The van der Waals surface area contributed by atoms with E-state index in [0.29, 0.717) is 16.9 Å². The Bertz CT molecular complexity index is 1270. The topological polar surface area (TPSA) is 62.3 Å². The zero-order valence-corrected chi connectivity index (χ0v) is 22.4. The van der Waals surface area contributed by atoms with Crippen LogP contribution in [-0.2, 0) is 6.54 Å². The Morgan fingerprint density at radius 1 is 1.03 bits per heavy atom. The van der Waals surface area contributed by atoms with Crippen LogP contribution in [0, 0.1) is 16.7 Å². The first-order valence-corrected chi connectivity index (χ1v) is 13.6. The van der Waals surface area contributed by atoms with E-state index >= 15 is 0 Å². The van der Waals surface area contributed by atoms with Crippen LogP contribution < -0.4 is 20.3 Å². The van der Waals surface area contributed by atoms with Gasteiger partial charge in [-0.05, 0) is 92.1 Å². The molecule has 0 saturated heterocycles. The predicted molar refractivity (Wildman–Crippen MR) is 149 cm³/mol. The van der Waals surface area contributed by atoms with Gasteiger partial charge >= 0.3 is 0 Å².